The summed E-state index contributed by atoms with van der Waals surface area (Å²) < 4.78 is 25.9. The molecule has 0 radical (unpaired) electrons. The molecule has 3 aliphatic rings. The van der Waals surface area contributed by atoms with E-state index in [1.165, 1.54) is 26.4 Å². The monoisotopic (exact) mass is 586 g/mol. The van der Waals surface area contributed by atoms with Gasteiger partial charge in [-0.15, -0.1) is 0 Å². The first kappa shape index (κ1) is 26.8. The minimum atomic E-state index is -1.41. The molecule has 0 saturated carbocycles. The van der Waals surface area contributed by atoms with Crippen molar-refractivity contribution < 1.29 is 28.7 Å². The number of nitrogens with two attached hydrogens (primary N) is 1. The van der Waals surface area contributed by atoms with Crippen molar-refractivity contribution in [2.75, 3.05) is 25.3 Å². The lowest BCUT2D eigenvalue weighted by molar-refractivity contribution is -0.143. The number of nitrogens with zero attached hydrogens (tertiary/aromatic N) is 1. The van der Waals surface area contributed by atoms with Crippen LogP contribution >= 0.6 is 23.2 Å². The van der Waals surface area contributed by atoms with Gasteiger partial charge in [-0.3, -0.25) is 10.1 Å². The van der Waals surface area contributed by atoms with Gasteiger partial charge in [0.25, 0.3) is 0 Å². The van der Waals surface area contributed by atoms with Crippen LogP contribution in [0.4, 0.5) is 15.8 Å². The largest absolute Gasteiger partial charge is 0.494 e. The van der Waals surface area contributed by atoms with Crippen molar-refractivity contribution in [2.24, 2.45) is 0 Å². The summed E-state index contributed by atoms with van der Waals surface area (Å²) in [5.41, 5.74) is 7.11. The van der Waals surface area contributed by atoms with Crippen LogP contribution in [0.25, 0.3) is 0 Å². The van der Waals surface area contributed by atoms with Gasteiger partial charge in [-0.1, -0.05) is 47.5 Å². The van der Waals surface area contributed by atoms with Crippen LogP contribution in [-0.2, 0) is 15.1 Å². The van der Waals surface area contributed by atoms with Gasteiger partial charge in [-0.05, 0) is 41.8 Å². The van der Waals surface area contributed by atoms with Gasteiger partial charge in [0, 0.05) is 28.2 Å². The Bertz CT molecular complexity index is 1570. The fraction of sp³-hybridized carbons (Fsp3) is 0.286. The summed E-state index contributed by atoms with van der Waals surface area (Å²) in [4.78, 5) is 26.0. The molecule has 40 heavy (non-hydrogen) atoms. The Balaban J connectivity index is 1.49. The number of anilines is 2. The van der Waals surface area contributed by atoms with E-state index in [-0.39, 0.29) is 27.6 Å². The molecule has 0 bridgehead atoms. The molecule has 3 aromatic carbocycles. The van der Waals surface area contributed by atoms with Gasteiger partial charge in [0.2, 0.25) is 5.91 Å². The summed E-state index contributed by atoms with van der Waals surface area (Å²) in [5, 5.41) is 19.5. The zero-order valence-corrected chi connectivity index (χ0v) is 22.9. The molecule has 1 unspecified atom stereocenters. The molecule has 5 N–H and O–H groups in total. The van der Waals surface area contributed by atoms with Gasteiger partial charge in [0.1, 0.15) is 16.9 Å². The number of nitrogens with one attached hydrogen (secondary N) is 2. The van der Waals surface area contributed by atoms with E-state index in [0.29, 0.717) is 28.3 Å². The van der Waals surface area contributed by atoms with E-state index in [1.54, 1.807) is 36.4 Å². The van der Waals surface area contributed by atoms with Crippen molar-refractivity contribution in [2.45, 2.75) is 36.0 Å². The number of fused-ring (bicyclic) bond motifs is 3. The number of benzene rings is 3. The van der Waals surface area contributed by atoms with Crippen molar-refractivity contribution in [1.82, 2.24) is 10.4 Å². The van der Waals surface area contributed by atoms with Crippen LogP contribution in [0.1, 0.15) is 45.4 Å². The molecule has 6 rings (SSSR count). The second kappa shape index (κ2) is 9.60. The van der Waals surface area contributed by atoms with Crippen LogP contribution in [0.3, 0.4) is 0 Å². The summed E-state index contributed by atoms with van der Waals surface area (Å²) in [6.45, 7) is 0. The number of carbonyl (C=O) groups excluding carboxylic acids is 2. The molecule has 1 amide bonds. The standard InChI is InChI=1S/C28H25Cl2FN4O5/c1-39-25-15(26(36)40-2)8-7-13(23(25)32)20-11-19-24(35(20)38)21(14-4-3-5-17(30)22(14)31)28(34-19)16-9-6-12(29)10-18(16)33-27(28)37/h3-10,19-21,24,34,38H,11,32H2,1-2H3,(H,33,37)/t19-,20?,21-,24+,28+/m0/s1. The minimum Gasteiger partial charge on any atom is -0.494 e. The number of hydrogen-bond acceptors (Lipinski definition) is 8. The number of carbonyl (C=O) groups is 2. The molecule has 208 valence electrons. The van der Waals surface area contributed by atoms with Gasteiger partial charge < -0.3 is 25.7 Å². The number of amides is 1. The lowest BCUT2D eigenvalue weighted by Gasteiger charge is -2.36. The second-order valence-electron chi connectivity index (χ2n) is 10.1. The van der Waals surface area contributed by atoms with Crippen molar-refractivity contribution >= 4 is 46.5 Å². The number of rotatable bonds is 4. The molecular weight excluding hydrogens is 562 g/mol. The average Bonchev–Trinajstić information content (AvgIpc) is 3.53. The van der Waals surface area contributed by atoms with Crippen LogP contribution in [0.5, 0.6) is 5.75 Å². The number of ether oxygens (including phenoxy) is 2. The Morgan fingerprint density at radius 3 is 2.67 bits per heavy atom. The third-order valence-electron chi connectivity index (χ3n) is 8.26. The van der Waals surface area contributed by atoms with Crippen LogP contribution in [-0.4, -0.2) is 48.5 Å². The summed E-state index contributed by atoms with van der Waals surface area (Å²) in [6.07, 6.45) is 0.308. The summed E-state index contributed by atoms with van der Waals surface area (Å²) in [7, 11) is 2.63. The smallest absolute Gasteiger partial charge is 0.341 e. The lowest BCUT2D eigenvalue weighted by Crippen LogP contribution is -2.50. The van der Waals surface area contributed by atoms with Gasteiger partial charge in [-0.25, -0.2) is 9.18 Å². The zero-order valence-electron chi connectivity index (χ0n) is 21.4. The quantitative estimate of drug-likeness (QED) is 0.258. The average molecular weight is 587 g/mol. The molecule has 9 nitrogen and oxygen atoms in total. The van der Waals surface area contributed by atoms with Gasteiger partial charge in [0.15, 0.2) is 5.75 Å². The number of nitrogen functional groups attached to an aromatic ring is 1. The molecule has 0 aromatic heterocycles. The van der Waals surface area contributed by atoms with Crippen molar-refractivity contribution in [3.8, 4) is 5.75 Å². The number of methoxy groups -OCH3 is 2. The zero-order chi connectivity index (χ0) is 28.5. The fourth-order valence-electron chi connectivity index (χ4n) is 6.65. The first-order valence-corrected chi connectivity index (χ1v) is 13.2. The highest BCUT2D eigenvalue weighted by Crippen LogP contribution is 2.58. The van der Waals surface area contributed by atoms with Crippen molar-refractivity contribution in [1.29, 1.82) is 0 Å². The maximum atomic E-state index is 15.7. The van der Waals surface area contributed by atoms with E-state index in [2.05, 4.69) is 10.6 Å². The predicted octanol–water partition coefficient (Wildman–Crippen LogP) is 4.62. The van der Waals surface area contributed by atoms with Crippen LogP contribution in [0.15, 0.2) is 48.5 Å². The Kier molecular flexibility index (Phi) is 6.43. The summed E-state index contributed by atoms with van der Waals surface area (Å²) in [5.74, 6) is -2.46. The van der Waals surface area contributed by atoms with Gasteiger partial charge >= 0.3 is 5.97 Å². The van der Waals surface area contributed by atoms with E-state index in [1.807, 2.05) is 0 Å². The number of esters is 1. The van der Waals surface area contributed by atoms with Crippen LogP contribution in [0.2, 0.25) is 10.0 Å². The second-order valence-corrected chi connectivity index (χ2v) is 10.9. The Morgan fingerprint density at radius 1 is 1.18 bits per heavy atom. The van der Waals surface area contributed by atoms with E-state index in [0.717, 1.165) is 5.06 Å². The maximum Gasteiger partial charge on any atom is 0.341 e. The van der Waals surface area contributed by atoms with E-state index < -0.39 is 47.3 Å². The molecule has 0 aliphatic carbocycles. The molecule has 3 aliphatic heterocycles. The number of halogens is 3. The Hall–Kier alpha value is -3.41. The van der Waals surface area contributed by atoms with Gasteiger partial charge in [-0.2, -0.15) is 5.06 Å². The minimum absolute atomic E-state index is 0.0998. The number of hydroxylamine groups is 2. The predicted molar refractivity (Wildman–Crippen MR) is 146 cm³/mol. The highest BCUT2D eigenvalue weighted by Gasteiger charge is 2.67. The van der Waals surface area contributed by atoms with E-state index in [9.17, 15) is 14.8 Å². The molecule has 3 heterocycles. The van der Waals surface area contributed by atoms with Crippen molar-refractivity contribution in [3.63, 3.8) is 0 Å². The molecule has 12 heteroatoms. The summed E-state index contributed by atoms with van der Waals surface area (Å²) in [6, 6.07) is 10.9. The van der Waals surface area contributed by atoms with E-state index >= 15 is 4.39 Å². The van der Waals surface area contributed by atoms with E-state index in [4.69, 9.17) is 38.4 Å². The molecule has 1 spiro atoms. The normalized spacial score (nSPS) is 27.0. The highest BCUT2D eigenvalue weighted by atomic mass is 35.5. The third kappa shape index (κ3) is 3.64. The van der Waals surface area contributed by atoms with Gasteiger partial charge in [0.05, 0.1) is 37.0 Å². The van der Waals surface area contributed by atoms with Crippen molar-refractivity contribution in [3.05, 3.63) is 86.6 Å². The fourth-order valence-corrected chi connectivity index (χ4v) is 7.00. The first-order valence-electron chi connectivity index (χ1n) is 12.5. The SMILES string of the molecule is COC(=O)c1ccc(C2C[C@@H]3N[C@@]4(C(=O)Nc5cc(Cl)ccc54)[C@@H](c4cccc(Cl)c4F)[C@@H]3N2O)c(N)c1OC. The number of hydrogen-bond donors (Lipinski definition) is 4. The topological polar surface area (TPSA) is 126 Å². The molecule has 5 atom stereocenters. The Morgan fingerprint density at radius 2 is 1.95 bits per heavy atom. The van der Waals surface area contributed by atoms with Crippen LogP contribution < -0.4 is 21.1 Å². The molecule has 2 saturated heterocycles. The molecular formula is C28H25Cl2FN4O5. The molecule has 2 fully saturated rings. The lowest BCUT2D eigenvalue weighted by atomic mass is 9.74. The summed E-state index contributed by atoms with van der Waals surface area (Å²) >= 11 is 12.4. The highest BCUT2D eigenvalue weighted by molar-refractivity contribution is 6.31. The molecule has 3 aromatic rings. The first-order chi connectivity index (χ1) is 19.1. The Labute approximate surface area is 238 Å². The maximum absolute atomic E-state index is 15.7. The third-order valence-corrected chi connectivity index (χ3v) is 8.79. The van der Waals surface area contributed by atoms with Crippen LogP contribution in [0, 0.1) is 5.82 Å².